The molecule has 2 aromatic carbocycles. The number of amides is 1. The quantitative estimate of drug-likeness (QED) is 0.899. The molecular weight excluding hydrogens is 295 g/mol. The average Bonchev–Trinajstić information content (AvgIpc) is 2.40. The molecule has 1 unspecified atom stereocenters. The van der Waals surface area contributed by atoms with Crippen LogP contribution in [-0.2, 0) is 4.79 Å². The molecule has 0 aromatic heterocycles. The lowest BCUT2D eigenvalue weighted by Gasteiger charge is -2.20. The predicted molar refractivity (Wildman–Crippen MR) is 83.2 cm³/mol. The summed E-state index contributed by atoms with van der Waals surface area (Å²) in [5, 5.41) is 4.06. The number of rotatable bonds is 4. The van der Waals surface area contributed by atoms with Gasteiger partial charge in [-0.1, -0.05) is 41.4 Å². The second-order valence-electron chi connectivity index (χ2n) is 4.46. The molecule has 1 amide bonds. The highest BCUT2D eigenvalue weighted by molar-refractivity contribution is 6.33. The molecule has 2 rings (SSSR count). The van der Waals surface area contributed by atoms with Gasteiger partial charge in [0.25, 0.3) is 0 Å². The Balaban J connectivity index is 2.40. The van der Waals surface area contributed by atoms with Crippen molar-refractivity contribution in [2.45, 2.75) is 13.0 Å². The topological polar surface area (TPSA) is 55.1 Å². The fraction of sp³-hybridized carbons (Fsp3) is 0.133. The molecule has 0 saturated carbocycles. The third-order valence-corrected chi connectivity index (χ3v) is 3.58. The first kappa shape index (κ1) is 14.7. The van der Waals surface area contributed by atoms with Gasteiger partial charge < -0.3 is 11.1 Å². The summed E-state index contributed by atoms with van der Waals surface area (Å²) < 4.78 is 0. The van der Waals surface area contributed by atoms with Gasteiger partial charge >= 0.3 is 0 Å². The van der Waals surface area contributed by atoms with E-state index in [4.69, 9.17) is 28.9 Å². The van der Waals surface area contributed by atoms with Gasteiger partial charge in [0.1, 0.15) is 6.04 Å². The van der Waals surface area contributed by atoms with Crippen LogP contribution in [0.5, 0.6) is 0 Å². The highest BCUT2D eigenvalue weighted by Crippen LogP contribution is 2.29. The third-order valence-electron chi connectivity index (χ3n) is 3.00. The lowest BCUT2D eigenvalue weighted by Crippen LogP contribution is -2.28. The monoisotopic (exact) mass is 308 g/mol. The van der Waals surface area contributed by atoms with E-state index in [-0.39, 0.29) is 0 Å². The SMILES string of the molecule is Cc1ccccc1NC(C(N)=O)c1cc(Cl)ccc1Cl. The number of halogens is 2. The fourth-order valence-electron chi connectivity index (χ4n) is 1.93. The number of hydrogen-bond donors (Lipinski definition) is 2. The van der Waals surface area contributed by atoms with E-state index in [0.29, 0.717) is 15.6 Å². The summed E-state index contributed by atoms with van der Waals surface area (Å²) in [6, 6.07) is 11.9. The van der Waals surface area contributed by atoms with Gasteiger partial charge in [0.05, 0.1) is 0 Å². The van der Waals surface area contributed by atoms with Crippen LogP contribution in [0, 0.1) is 6.92 Å². The van der Waals surface area contributed by atoms with E-state index in [2.05, 4.69) is 5.32 Å². The molecule has 0 fully saturated rings. The minimum atomic E-state index is -0.734. The predicted octanol–water partition coefficient (Wildman–Crippen LogP) is 3.94. The summed E-state index contributed by atoms with van der Waals surface area (Å²) in [4.78, 5) is 11.7. The Hall–Kier alpha value is -1.71. The maximum Gasteiger partial charge on any atom is 0.244 e. The van der Waals surface area contributed by atoms with Gasteiger partial charge in [-0.05, 0) is 36.8 Å². The zero-order valence-corrected chi connectivity index (χ0v) is 12.4. The van der Waals surface area contributed by atoms with E-state index in [1.807, 2.05) is 31.2 Å². The minimum absolute atomic E-state index is 0.444. The number of nitrogens with two attached hydrogens (primary N) is 1. The summed E-state index contributed by atoms with van der Waals surface area (Å²) in [5.74, 6) is -0.516. The number of carbonyl (C=O) groups is 1. The number of anilines is 1. The van der Waals surface area contributed by atoms with Gasteiger partial charge in [-0.2, -0.15) is 0 Å². The van der Waals surface area contributed by atoms with Crippen LogP contribution in [0.15, 0.2) is 42.5 Å². The normalized spacial score (nSPS) is 11.9. The number of carbonyl (C=O) groups excluding carboxylic acids is 1. The van der Waals surface area contributed by atoms with Crippen LogP contribution in [0.4, 0.5) is 5.69 Å². The van der Waals surface area contributed by atoms with Crippen molar-refractivity contribution in [1.82, 2.24) is 0 Å². The molecule has 20 heavy (non-hydrogen) atoms. The van der Waals surface area contributed by atoms with Gasteiger partial charge in [0.2, 0.25) is 5.91 Å². The van der Waals surface area contributed by atoms with Crippen molar-refractivity contribution in [3.63, 3.8) is 0 Å². The molecule has 5 heteroatoms. The van der Waals surface area contributed by atoms with Crippen LogP contribution >= 0.6 is 23.2 Å². The number of hydrogen-bond acceptors (Lipinski definition) is 2. The van der Waals surface area contributed by atoms with Crippen molar-refractivity contribution < 1.29 is 4.79 Å². The van der Waals surface area contributed by atoms with E-state index < -0.39 is 11.9 Å². The molecular formula is C15H14Cl2N2O. The van der Waals surface area contributed by atoms with E-state index in [1.54, 1.807) is 18.2 Å². The Morgan fingerprint density at radius 2 is 1.90 bits per heavy atom. The Labute approximate surface area is 127 Å². The molecule has 0 bridgehead atoms. The summed E-state index contributed by atoms with van der Waals surface area (Å²) in [5.41, 5.74) is 7.88. The lowest BCUT2D eigenvalue weighted by molar-refractivity contribution is -0.118. The summed E-state index contributed by atoms with van der Waals surface area (Å²) in [6.45, 7) is 1.94. The Morgan fingerprint density at radius 3 is 2.55 bits per heavy atom. The molecule has 104 valence electrons. The first-order valence-corrected chi connectivity index (χ1v) is 6.81. The molecule has 3 N–H and O–H groups in total. The Bertz CT molecular complexity index is 644. The van der Waals surface area contributed by atoms with Crippen LogP contribution in [-0.4, -0.2) is 5.91 Å². The minimum Gasteiger partial charge on any atom is -0.370 e. The molecule has 0 heterocycles. The third kappa shape index (κ3) is 3.24. The van der Waals surface area contributed by atoms with E-state index in [0.717, 1.165) is 11.3 Å². The second-order valence-corrected chi connectivity index (χ2v) is 5.30. The summed E-state index contributed by atoms with van der Waals surface area (Å²) in [7, 11) is 0. The molecule has 3 nitrogen and oxygen atoms in total. The molecule has 0 saturated heterocycles. The average molecular weight is 309 g/mol. The first-order valence-electron chi connectivity index (χ1n) is 6.05. The Morgan fingerprint density at radius 1 is 1.20 bits per heavy atom. The zero-order chi connectivity index (χ0) is 14.7. The van der Waals surface area contributed by atoms with Gasteiger partial charge in [-0.15, -0.1) is 0 Å². The molecule has 2 aromatic rings. The van der Waals surface area contributed by atoms with Crippen molar-refractivity contribution in [1.29, 1.82) is 0 Å². The van der Waals surface area contributed by atoms with Gasteiger partial charge in [0, 0.05) is 21.3 Å². The zero-order valence-electron chi connectivity index (χ0n) is 10.9. The number of aryl methyl sites for hydroxylation is 1. The molecule has 0 aliphatic heterocycles. The second kappa shape index (κ2) is 6.16. The van der Waals surface area contributed by atoms with Crippen molar-refractivity contribution in [2.75, 3.05) is 5.32 Å². The standard InChI is InChI=1S/C15H14Cl2N2O/c1-9-4-2-3-5-13(9)19-14(15(18)20)11-8-10(16)6-7-12(11)17/h2-8,14,19H,1H3,(H2,18,20). The largest absolute Gasteiger partial charge is 0.370 e. The maximum absolute atomic E-state index is 11.7. The Kier molecular flexibility index (Phi) is 4.53. The molecule has 0 radical (unpaired) electrons. The lowest BCUT2D eigenvalue weighted by atomic mass is 10.0. The van der Waals surface area contributed by atoms with Crippen LogP contribution in [0.25, 0.3) is 0 Å². The van der Waals surface area contributed by atoms with Crippen molar-refractivity contribution in [3.05, 3.63) is 63.6 Å². The van der Waals surface area contributed by atoms with Crippen LogP contribution in [0.3, 0.4) is 0 Å². The highest BCUT2D eigenvalue weighted by Gasteiger charge is 2.21. The molecule has 1 atom stereocenters. The smallest absolute Gasteiger partial charge is 0.244 e. The van der Waals surface area contributed by atoms with Gasteiger partial charge in [-0.3, -0.25) is 4.79 Å². The van der Waals surface area contributed by atoms with E-state index in [1.165, 1.54) is 0 Å². The molecule has 0 spiro atoms. The number of nitrogens with one attached hydrogen (secondary N) is 1. The number of benzene rings is 2. The van der Waals surface area contributed by atoms with Crippen LogP contribution in [0.2, 0.25) is 10.0 Å². The maximum atomic E-state index is 11.7. The molecule has 0 aliphatic rings. The van der Waals surface area contributed by atoms with Gasteiger partial charge in [0.15, 0.2) is 0 Å². The fourth-order valence-corrected chi connectivity index (χ4v) is 2.34. The van der Waals surface area contributed by atoms with Crippen molar-refractivity contribution in [2.24, 2.45) is 5.73 Å². The molecule has 0 aliphatic carbocycles. The van der Waals surface area contributed by atoms with E-state index in [9.17, 15) is 4.79 Å². The summed E-state index contributed by atoms with van der Waals surface area (Å²) in [6.07, 6.45) is 0. The van der Waals surface area contributed by atoms with Gasteiger partial charge in [-0.25, -0.2) is 0 Å². The number of primary amides is 1. The summed E-state index contributed by atoms with van der Waals surface area (Å²) >= 11 is 12.1. The highest BCUT2D eigenvalue weighted by atomic mass is 35.5. The number of para-hydroxylation sites is 1. The van der Waals surface area contributed by atoms with E-state index >= 15 is 0 Å². The van der Waals surface area contributed by atoms with Crippen molar-refractivity contribution in [3.8, 4) is 0 Å². The van der Waals surface area contributed by atoms with Crippen molar-refractivity contribution >= 4 is 34.8 Å². The van der Waals surface area contributed by atoms with Crippen LogP contribution < -0.4 is 11.1 Å². The first-order chi connectivity index (χ1) is 9.49. The van der Waals surface area contributed by atoms with Crippen LogP contribution in [0.1, 0.15) is 17.2 Å².